The molecule has 17 heavy (non-hydrogen) atoms. The van der Waals surface area contributed by atoms with Gasteiger partial charge in [0, 0.05) is 17.7 Å². The van der Waals surface area contributed by atoms with Crippen molar-refractivity contribution in [3.8, 4) is 0 Å². The lowest BCUT2D eigenvalue weighted by molar-refractivity contribution is 0.00428. The van der Waals surface area contributed by atoms with Gasteiger partial charge in [0.1, 0.15) is 6.10 Å². The van der Waals surface area contributed by atoms with Crippen LogP contribution in [-0.2, 0) is 0 Å². The first-order chi connectivity index (χ1) is 8.13. The summed E-state index contributed by atoms with van der Waals surface area (Å²) in [5, 5.41) is 36.2. The second-order valence-corrected chi connectivity index (χ2v) is 4.15. The molecule has 0 bridgehead atoms. The number of aryl methyl sites for hydroxylation is 1. The summed E-state index contributed by atoms with van der Waals surface area (Å²) in [6.45, 7) is 1.77. The van der Waals surface area contributed by atoms with Crippen molar-refractivity contribution in [3.05, 3.63) is 29.5 Å². The van der Waals surface area contributed by atoms with Gasteiger partial charge in [0.25, 0.3) is 0 Å². The van der Waals surface area contributed by atoms with Crippen molar-refractivity contribution in [3.63, 3.8) is 0 Å². The lowest BCUT2D eigenvalue weighted by Crippen LogP contribution is -2.19. The quantitative estimate of drug-likeness (QED) is 0.627. The lowest BCUT2D eigenvalue weighted by atomic mass is 10.0. The van der Waals surface area contributed by atoms with Crippen LogP contribution in [0.1, 0.15) is 23.8 Å². The number of hydrogen-bond donors (Lipinski definition) is 4. The van der Waals surface area contributed by atoms with E-state index in [-0.39, 0.29) is 13.0 Å². The van der Waals surface area contributed by atoms with E-state index in [1.54, 1.807) is 12.1 Å². The molecule has 0 aliphatic rings. The van der Waals surface area contributed by atoms with E-state index in [4.69, 9.17) is 5.11 Å². The van der Waals surface area contributed by atoms with Crippen molar-refractivity contribution in [2.24, 2.45) is 0 Å². The van der Waals surface area contributed by atoms with Crippen molar-refractivity contribution in [1.82, 2.24) is 10.2 Å². The summed E-state index contributed by atoms with van der Waals surface area (Å²) in [4.78, 5) is 0. The Morgan fingerprint density at radius 2 is 2.12 bits per heavy atom. The predicted octanol–water partition coefficient (Wildman–Crippen LogP) is 0.648. The molecule has 0 aliphatic heterocycles. The molecule has 0 aliphatic carbocycles. The Bertz CT molecular complexity index is 509. The number of aliphatic hydroxyl groups excluding tert-OH is 3. The highest BCUT2D eigenvalue weighted by Gasteiger charge is 2.18. The minimum atomic E-state index is -0.997. The molecule has 0 saturated carbocycles. The van der Waals surface area contributed by atoms with Crippen LogP contribution < -0.4 is 0 Å². The maximum absolute atomic E-state index is 9.89. The van der Waals surface area contributed by atoms with Gasteiger partial charge in [-0.2, -0.15) is 5.10 Å². The van der Waals surface area contributed by atoms with Crippen molar-refractivity contribution in [2.75, 3.05) is 6.61 Å². The van der Waals surface area contributed by atoms with Crippen molar-refractivity contribution in [1.29, 1.82) is 0 Å². The van der Waals surface area contributed by atoms with Crippen LogP contribution in [0, 0.1) is 6.92 Å². The molecule has 2 atom stereocenters. The average molecular weight is 236 g/mol. The fourth-order valence-electron chi connectivity index (χ4n) is 1.86. The van der Waals surface area contributed by atoms with Crippen LogP contribution in [0.5, 0.6) is 0 Å². The first-order valence-electron chi connectivity index (χ1n) is 5.55. The van der Waals surface area contributed by atoms with Gasteiger partial charge in [-0.1, -0.05) is 12.1 Å². The van der Waals surface area contributed by atoms with E-state index in [9.17, 15) is 10.2 Å². The molecule has 2 unspecified atom stereocenters. The van der Waals surface area contributed by atoms with Crippen LogP contribution in [-0.4, -0.2) is 38.2 Å². The summed E-state index contributed by atoms with van der Waals surface area (Å²) in [7, 11) is 0. The third-order valence-electron chi connectivity index (χ3n) is 2.90. The van der Waals surface area contributed by atoms with Gasteiger partial charge in [-0.05, 0) is 25.0 Å². The van der Waals surface area contributed by atoms with Crippen molar-refractivity contribution in [2.45, 2.75) is 25.6 Å². The molecule has 1 aromatic carbocycles. The number of nitrogens with one attached hydrogen (secondary N) is 1. The third kappa shape index (κ3) is 2.31. The molecule has 0 amide bonds. The summed E-state index contributed by atoms with van der Waals surface area (Å²) < 4.78 is 0. The number of hydrogen-bond acceptors (Lipinski definition) is 4. The van der Waals surface area contributed by atoms with Crippen LogP contribution in [0.3, 0.4) is 0 Å². The standard InChI is InChI=1S/C12H16N2O3/c1-7-9-3-2-8(6-10(9)14-13-7)12(17)11(16)4-5-15/h2-3,6,11-12,15-17H,4-5H2,1H3,(H,13,14). The highest BCUT2D eigenvalue weighted by atomic mass is 16.3. The summed E-state index contributed by atoms with van der Waals surface area (Å²) in [6, 6.07) is 5.36. The fraction of sp³-hybridized carbons (Fsp3) is 0.417. The molecule has 0 spiro atoms. The topological polar surface area (TPSA) is 89.4 Å². The van der Waals surface area contributed by atoms with E-state index in [1.165, 1.54) is 0 Å². The predicted molar refractivity (Wildman–Crippen MR) is 63.5 cm³/mol. The molecule has 0 radical (unpaired) electrons. The highest BCUT2D eigenvalue weighted by molar-refractivity contribution is 5.81. The summed E-state index contributed by atoms with van der Waals surface area (Å²) in [5.41, 5.74) is 2.33. The molecule has 5 nitrogen and oxygen atoms in total. The smallest absolute Gasteiger partial charge is 0.105 e. The van der Waals surface area contributed by atoms with Crippen LogP contribution in [0.4, 0.5) is 0 Å². The second-order valence-electron chi connectivity index (χ2n) is 4.15. The fourth-order valence-corrected chi connectivity index (χ4v) is 1.86. The zero-order chi connectivity index (χ0) is 12.4. The Morgan fingerprint density at radius 1 is 1.35 bits per heavy atom. The van der Waals surface area contributed by atoms with Crippen LogP contribution in [0.2, 0.25) is 0 Å². The molecule has 2 rings (SSSR count). The third-order valence-corrected chi connectivity index (χ3v) is 2.90. The number of aromatic nitrogens is 2. The van der Waals surface area contributed by atoms with Gasteiger partial charge >= 0.3 is 0 Å². The second kappa shape index (κ2) is 4.83. The van der Waals surface area contributed by atoms with Gasteiger partial charge in [-0.3, -0.25) is 5.10 Å². The Balaban J connectivity index is 2.29. The molecule has 1 heterocycles. The molecule has 1 aromatic heterocycles. The number of aromatic amines is 1. The number of benzene rings is 1. The SMILES string of the molecule is Cc1[nH]nc2cc(C(O)C(O)CCO)ccc12. The average Bonchev–Trinajstić information content (AvgIpc) is 2.70. The van der Waals surface area contributed by atoms with E-state index in [2.05, 4.69) is 10.2 Å². The highest BCUT2D eigenvalue weighted by Crippen LogP contribution is 2.23. The van der Waals surface area contributed by atoms with E-state index in [1.807, 2.05) is 13.0 Å². The van der Waals surface area contributed by atoms with Gasteiger partial charge in [0.2, 0.25) is 0 Å². The molecule has 4 N–H and O–H groups in total. The zero-order valence-corrected chi connectivity index (χ0v) is 9.59. The summed E-state index contributed by atoms with van der Waals surface area (Å²) in [6.07, 6.45) is -1.81. The minimum absolute atomic E-state index is 0.151. The van der Waals surface area contributed by atoms with Crippen LogP contribution in [0.15, 0.2) is 18.2 Å². The number of nitrogens with zero attached hydrogens (tertiary/aromatic N) is 1. The monoisotopic (exact) mass is 236 g/mol. The van der Waals surface area contributed by atoms with E-state index >= 15 is 0 Å². The molecule has 2 aromatic rings. The Kier molecular flexibility index (Phi) is 3.42. The molecule has 0 saturated heterocycles. The zero-order valence-electron chi connectivity index (χ0n) is 9.59. The van der Waals surface area contributed by atoms with Gasteiger partial charge in [0.15, 0.2) is 0 Å². The summed E-state index contributed by atoms with van der Waals surface area (Å²) in [5.74, 6) is 0. The van der Waals surface area contributed by atoms with E-state index < -0.39 is 12.2 Å². The maximum Gasteiger partial charge on any atom is 0.105 e. The lowest BCUT2D eigenvalue weighted by Gasteiger charge is -2.17. The molecule has 92 valence electrons. The number of aliphatic hydroxyl groups is 3. The van der Waals surface area contributed by atoms with Gasteiger partial charge in [0.05, 0.1) is 11.6 Å². The molecule has 5 heteroatoms. The summed E-state index contributed by atoms with van der Waals surface area (Å²) >= 11 is 0. The first-order valence-corrected chi connectivity index (χ1v) is 5.55. The van der Waals surface area contributed by atoms with Gasteiger partial charge in [-0.15, -0.1) is 0 Å². The van der Waals surface area contributed by atoms with E-state index in [0.717, 1.165) is 16.6 Å². The molecule has 0 fully saturated rings. The molecular weight excluding hydrogens is 220 g/mol. The Morgan fingerprint density at radius 3 is 2.82 bits per heavy atom. The van der Waals surface area contributed by atoms with Gasteiger partial charge < -0.3 is 15.3 Å². The van der Waals surface area contributed by atoms with Crippen molar-refractivity contribution >= 4 is 10.9 Å². The number of rotatable bonds is 4. The van der Waals surface area contributed by atoms with Crippen LogP contribution in [0.25, 0.3) is 10.9 Å². The first kappa shape index (κ1) is 12.0. The van der Waals surface area contributed by atoms with Crippen molar-refractivity contribution < 1.29 is 15.3 Å². The van der Waals surface area contributed by atoms with Gasteiger partial charge in [-0.25, -0.2) is 0 Å². The molecular formula is C12H16N2O3. The van der Waals surface area contributed by atoms with E-state index in [0.29, 0.717) is 5.56 Å². The normalized spacial score (nSPS) is 15.1. The Labute approximate surface area is 98.7 Å². The number of H-pyrrole nitrogens is 1. The van der Waals surface area contributed by atoms with Crippen LogP contribution >= 0.6 is 0 Å². The minimum Gasteiger partial charge on any atom is -0.396 e. The maximum atomic E-state index is 9.89. The number of fused-ring (bicyclic) bond motifs is 1. The largest absolute Gasteiger partial charge is 0.396 e. The Hall–Kier alpha value is -1.43.